The third-order valence-corrected chi connectivity index (χ3v) is 11.6. The molecule has 6 atom stereocenters. The number of halogens is 5. The number of hydrogen-bond acceptors (Lipinski definition) is 7. The summed E-state index contributed by atoms with van der Waals surface area (Å²) in [6, 6.07) is 22.5. The fraction of sp³-hybridized carbons (Fsp3) is 0.256. The van der Waals surface area contributed by atoms with Crippen LogP contribution < -0.4 is 5.43 Å². The molecular formula is C39H29Cl2F3N4O5. The molecule has 0 radical (unpaired) electrons. The third-order valence-electron chi connectivity index (χ3n) is 11.0. The predicted octanol–water partition coefficient (Wildman–Crippen LogP) is 7.30. The Hall–Kier alpha value is -5.20. The molecule has 0 bridgehead atoms. The molecule has 9 nitrogen and oxygen atoms in total. The van der Waals surface area contributed by atoms with Crippen molar-refractivity contribution >= 4 is 52.6 Å². The number of imide groups is 2. The zero-order chi connectivity index (χ0) is 37.4. The van der Waals surface area contributed by atoms with Crippen LogP contribution in [-0.2, 0) is 37.3 Å². The van der Waals surface area contributed by atoms with E-state index < -0.39 is 63.6 Å². The van der Waals surface area contributed by atoms with Crippen molar-refractivity contribution in [3.05, 3.63) is 135 Å². The Balaban J connectivity index is 1.28. The van der Waals surface area contributed by atoms with Crippen molar-refractivity contribution < 1.29 is 37.5 Å². The first-order chi connectivity index (χ1) is 25.3. The van der Waals surface area contributed by atoms with E-state index in [4.69, 9.17) is 23.2 Å². The monoisotopic (exact) mass is 760 g/mol. The fourth-order valence-corrected chi connectivity index (χ4v) is 9.18. The zero-order valence-corrected chi connectivity index (χ0v) is 29.1. The van der Waals surface area contributed by atoms with Crippen molar-refractivity contribution in [1.29, 1.82) is 0 Å². The highest BCUT2D eigenvalue weighted by molar-refractivity contribution is 6.33. The number of benzene rings is 3. The molecule has 8 rings (SSSR count). The Bertz CT molecular complexity index is 2220. The molecule has 2 saturated heterocycles. The van der Waals surface area contributed by atoms with Gasteiger partial charge < -0.3 is 5.11 Å². The van der Waals surface area contributed by atoms with Crippen molar-refractivity contribution in [2.24, 2.45) is 23.7 Å². The summed E-state index contributed by atoms with van der Waals surface area (Å²) in [6.07, 6.45) is -2.12. The van der Waals surface area contributed by atoms with Crippen LogP contribution in [0.15, 0.2) is 103 Å². The Kier molecular flexibility index (Phi) is 8.38. The van der Waals surface area contributed by atoms with Gasteiger partial charge in [-0.25, -0.2) is 4.98 Å². The number of fused-ring (bicyclic) bond motifs is 4. The number of hydrogen-bond donors (Lipinski definition) is 2. The first kappa shape index (κ1) is 34.9. The van der Waals surface area contributed by atoms with Crippen LogP contribution in [0.25, 0.3) is 0 Å². The largest absolute Gasteiger partial charge is 0.508 e. The molecule has 14 heteroatoms. The van der Waals surface area contributed by atoms with Gasteiger partial charge in [0, 0.05) is 17.1 Å². The van der Waals surface area contributed by atoms with Crippen LogP contribution in [0.3, 0.4) is 0 Å². The van der Waals surface area contributed by atoms with Gasteiger partial charge >= 0.3 is 6.18 Å². The summed E-state index contributed by atoms with van der Waals surface area (Å²) in [7, 11) is 0. The normalized spacial score (nSPS) is 26.7. The third kappa shape index (κ3) is 5.49. The topological polar surface area (TPSA) is 120 Å². The Morgan fingerprint density at radius 1 is 0.887 bits per heavy atom. The van der Waals surface area contributed by atoms with E-state index >= 15 is 4.79 Å². The van der Waals surface area contributed by atoms with E-state index in [1.807, 2.05) is 36.4 Å². The van der Waals surface area contributed by atoms with Crippen molar-refractivity contribution in [2.75, 3.05) is 5.43 Å². The summed E-state index contributed by atoms with van der Waals surface area (Å²) < 4.78 is 40.3. The molecule has 53 heavy (non-hydrogen) atoms. The summed E-state index contributed by atoms with van der Waals surface area (Å²) in [5.74, 6) is -6.90. The number of aromatic nitrogens is 1. The number of alkyl halides is 3. The number of anilines is 1. The van der Waals surface area contributed by atoms with E-state index in [-0.39, 0.29) is 42.8 Å². The average molecular weight is 762 g/mol. The summed E-state index contributed by atoms with van der Waals surface area (Å²) in [5.41, 5.74) is 2.12. The maximum absolute atomic E-state index is 15.2. The predicted molar refractivity (Wildman–Crippen MR) is 187 cm³/mol. The molecule has 270 valence electrons. The molecule has 6 unspecified atom stereocenters. The second-order valence-corrected chi connectivity index (χ2v) is 14.6. The number of phenolic OH excluding ortho intramolecular Hbond substituents is 1. The smallest absolute Gasteiger partial charge is 0.417 e. The summed E-state index contributed by atoms with van der Waals surface area (Å²) in [6.45, 7) is 0.0810. The number of aromatic hydroxyl groups is 1. The molecule has 3 aromatic carbocycles. The number of nitrogens with one attached hydrogen (secondary N) is 1. The summed E-state index contributed by atoms with van der Waals surface area (Å²) in [4.78, 5) is 63.2. The molecule has 4 aliphatic rings. The molecule has 2 aliphatic heterocycles. The van der Waals surface area contributed by atoms with Crippen LogP contribution in [0.2, 0.25) is 10.0 Å². The number of carbonyl (C=O) groups excluding carboxylic acids is 4. The maximum atomic E-state index is 15.2. The van der Waals surface area contributed by atoms with Gasteiger partial charge in [0.1, 0.15) is 5.75 Å². The number of hydrazine groups is 1. The van der Waals surface area contributed by atoms with Gasteiger partial charge in [-0.3, -0.25) is 29.5 Å². The second kappa shape index (κ2) is 12.7. The first-order valence-electron chi connectivity index (χ1n) is 16.8. The molecule has 0 spiro atoms. The first-order valence-corrected chi connectivity index (χ1v) is 17.6. The lowest BCUT2D eigenvalue weighted by Gasteiger charge is -2.50. The molecule has 4 aromatic rings. The quantitative estimate of drug-likeness (QED) is 0.156. The summed E-state index contributed by atoms with van der Waals surface area (Å²) >= 11 is 12.5. The lowest BCUT2D eigenvalue weighted by Crippen LogP contribution is -2.53. The number of carbonyl (C=O) groups is 4. The van der Waals surface area contributed by atoms with Gasteiger partial charge in [-0.1, -0.05) is 89.4 Å². The highest BCUT2D eigenvalue weighted by Crippen LogP contribution is 2.64. The standard InChI is InChI=1S/C39H29Cl2F3N4O5/c40-24-11-9-22(10-12-24)38-29(35(51)48(37(38)53)46-33-30(41)16-23(18-45-33)39(42,43)44)17-28-26(32(38)21-7-4-8-25(49)15-21)13-14-27-31(28)36(52)47(34(27)50)19-20-5-2-1-3-6-20/h1-13,15-16,18,27-29,31-32,49H,14,17,19H2,(H,45,46). The number of pyridine rings is 1. The van der Waals surface area contributed by atoms with E-state index in [2.05, 4.69) is 10.4 Å². The SMILES string of the molecule is O=C1C2CC=C3C(CC4C(=O)N(Nc5ncc(C(F)(F)F)cc5Cl)C(=O)C4(c4ccc(Cl)cc4)C3c3cccc(O)c3)C2C(=O)N1Cc1ccccc1. The highest BCUT2D eigenvalue weighted by Gasteiger charge is 2.70. The molecule has 4 amide bonds. The lowest BCUT2D eigenvalue weighted by molar-refractivity contribution is -0.142. The molecule has 3 heterocycles. The van der Waals surface area contributed by atoms with Gasteiger partial charge in [-0.2, -0.15) is 18.2 Å². The molecular weight excluding hydrogens is 732 g/mol. The molecule has 2 N–H and O–H groups in total. The minimum Gasteiger partial charge on any atom is -0.508 e. The highest BCUT2D eigenvalue weighted by atomic mass is 35.5. The summed E-state index contributed by atoms with van der Waals surface area (Å²) in [5, 5.41) is 11.3. The minimum absolute atomic E-state index is 0.0138. The van der Waals surface area contributed by atoms with Crippen LogP contribution in [0, 0.1) is 23.7 Å². The van der Waals surface area contributed by atoms with E-state index in [9.17, 15) is 32.7 Å². The zero-order valence-electron chi connectivity index (χ0n) is 27.6. The van der Waals surface area contributed by atoms with E-state index in [1.165, 1.54) is 17.0 Å². The Morgan fingerprint density at radius 3 is 2.30 bits per heavy atom. The molecule has 2 aliphatic carbocycles. The molecule has 1 saturated carbocycles. The molecule has 3 fully saturated rings. The maximum Gasteiger partial charge on any atom is 0.417 e. The molecule has 1 aromatic heterocycles. The van der Waals surface area contributed by atoms with Gasteiger partial charge in [0.2, 0.25) is 11.8 Å². The minimum atomic E-state index is -4.74. The van der Waals surface area contributed by atoms with Crippen LogP contribution in [0.5, 0.6) is 5.75 Å². The van der Waals surface area contributed by atoms with Crippen molar-refractivity contribution in [2.45, 2.75) is 36.9 Å². The van der Waals surface area contributed by atoms with Crippen molar-refractivity contribution in [1.82, 2.24) is 14.9 Å². The van der Waals surface area contributed by atoms with Gasteiger partial charge in [0.25, 0.3) is 11.8 Å². The number of likely N-dealkylation sites (tertiary alicyclic amines) is 1. The fourth-order valence-electron chi connectivity index (χ4n) is 8.85. The van der Waals surface area contributed by atoms with Gasteiger partial charge in [0.15, 0.2) is 5.82 Å². The number of phenols is 1. The number of nitrogens with zero attached hydrogens (tertiary/aromatic N) is 3. The van der Waals surface area contributed by atoms with Crippen LogP contribution in [0.1, 0.15) is 41.0 Å². The number of allylic oxidation sites excluding steroid dienone is 2. The van der Waals surface area contributed by atoms with Gasteiger partial charge in [-0.15, -0.1) is 0 Å². The number of amides is 4. The lowest BCUT2D eigenvalue weighted by atomic mass is 9.49. The van der Waals surface area contributed by atoms with Crippen molar-refractivity contribution in [3.63, 3.8) is 0 Å². The van der Waals surface area contributed by atoms with E-state index in [0.29, 0.717) is 34.0 Å². The van der Waals surface area contributed by atoms with Crippen LogP contribution in [0.4, 0.5) is 19.0 Å². The van der Waals surface area contributed by atoms with E-state index in [0.717, 1.165) is 10.6 Å². The van der Waals surface area contributed by atoms with Crippen LogP contribution in [-0.4, -0.2) is 43.6 Å². The van der Waals surface area contributed by atoms with E-state index in [1.54, 1.807) is 36.4 Å². The second-order valence-electron chi connectivity index (χ2n) is 13.8. The van der Waals surface area contributed by atoms with Crippen molar-refractivity contribution in [3.8, 4) is 5.75 Å². The number of rotatable bonds is 6. The Morgan fingerprint density at radius 2 is 1.62 bits per heavy atom. The average Bonchev–Trinajstić information content (AvgIpc) is 3.49. The Labute approximate surface area is 311 Å². The van der Waals surface area contributed by atoms with Crippen LogP contribution >= 0.6 is 23.2 Å². The van der Waals surface area contributed by atoms with Gasteiger partial charge in [-0.05, 0) is 65.8 Å². The van der Waals surface area contributed by atoms with Gasteiger partial charge in [0.05, 0.1) is 40.3 Å².